The van der Waals surface area contributed by atoms with Crippen molar-refractivity contribution in [3.8, 4) is 17.2 Å². The van der Waals surface area contributed by atoms with Gasteiger partial charge in [0, 0.05) is 17.7 Å². The highest BCUT2D eigenvalue weighted by Crippen LogP contribution is 2.36. The molecule has 5 nitrogen and oxygen atoms in total. The van der Waals surface area contributed by atoms with E-state index in [1.54, 1.807) is 0 Å². The molecule has 0 aromatic heterocycles. The van der Waals surface area contributed by atoms with Crippen molar-refractivity contribution in [2.24, 2.45) is 0 Å². The summed E-state index contributed by atoms with van der Waals surface area (Å²) in [6.07, 6.45) is 0. The van der Waals surface area contributed by atoms with Crippen molar-refractivity contribution < 1.29 is 14.4 Å². The number of non-ortho nitro benzene ring substituents is 1. The number of nitrogens with zero attached hydrogens (tertiary/aromatic N) is 1. The number of aryl methyl sites for hydroxylation is 2. The fraction of sp³-hybridized carbons (Fsp3) is 0.250. The Morgan fingerprint density at radius 3 is 2.21 bits per heavy atom. The molecular weight excluding hydrogens is 366 g/mol. The number of hydrogen-bond acceptors (Lipinski definition) is 4. The van der Waals surface area contributed by atoms with Crippen molar-refractivity contribution in [3.63, 3.8) is 0 Å². The van der Waals surface area contributed by atoms with Gasteiger partial charge in [0.25, 0.3) is 5.69 Å². The number of hydrogen-bond donors (Lipinski definition) is 0. The van der Waals surface area contributed by atoms with Crippen LogP contribution in [0.25, 0.3) is 0 Å². The quantitative estimate of drug-likeness (QED) is 0.332. The van der Waals surface area contributed by atoms with Crippen molar-refractivity contribution in [2.45, 2.75) is 40.2 Å². The normalized spacial score (nSPS) is 10.8. The maximum atomic E-state index is 11.0. The van der Waals surface area contributed by atoms with Gasteiger partial charge >= 0.3 is 0 Å². The molecule has 0 N–H and O–H groups in total. The van der Waals surface area contributed by atoms with Crippen LogP contribution in [0.2, 0.25) is 0 Å². The average molecular weight is 391 g/mol. The third-order valence-electron chi connectivity index (χ3n) is 4.72. The Morgan fingerprint density at radius 1 is 0.966 bits per heavy atom. The Kier molecular flexibility index (Phi) is 6.17. The number of nitro benzene ring substituents is 1. The van der Waals surface area contributed by atoms with E-state index in [-0.39, 0.29) is 16.5 Å². The lowest BCUT2D eigenvalue weighted by Gasteiger charge is -2.17. The first-order chi connectivity index (χ1) is 13.8. The fourth-order valence-electron chi connectivity index (χ4n) is 3.22. The highest BCUT2D eigenvalue weighted by molar-refractivity contribution is 5.51. The summed E-state index contributed by atoms with van der Waals surface area (Å²) in [5.41, 5.74) is 3.69. The van der Waals surface area contributed by atoms with Crippen molar-refractivity contribution in [2.75, 3.05) is 0 Å². The number of rotatable bonds is 7. The molecule has 0 bridgehead atoms. The van der Waals surface area contributed by atoms with E-state index in [0.29, 0.717) is 18.1 Å². The summed E-state index contributed by atoms with van der Waals surface area (Å²) >= 11 is 0. The highest BCUT2D eigenvalue weighted by atomic mass is 16.6. The molecule has 0 aliphatic rings. The molecule has 150 valence electrons. The minimum Gasteiger partial charge on any atom is -0.489 e. The lowest BCUT2D eigenvalue weighted by Crippen LogP contribution is -2.01. The van der Waals surface area contributed by atoms with E-state index < -0.39 is 0 Å². The van der Waals surface area contributed by atoms with E-state index in [0.717, 1.165) is 28.0 Å². The first-order valence-electron chi connectivity index (χ1n) is 9.59. The van der Waals surface area contributed by atoms with Crippen molar-refractivity contribution in [1.29, 1.82) is 0 Å². The molecule has 3 rings (SSSR count). The summed E-state index contributed by atoms with van der Waals surface area (Å²) in [5.74, 6) is 2.40. The fourth-order valence-corrected chi connectivity index (χ4v) is 3.22. The SMILES string of the molecule is Cc1cc([N+](=O)[O-])cc(C)c1Oc1ccc(OCc2ccccc2)c(C(C)C)c1. The van der Waals surface area contributed by atoms with Gasteiger partial charge in [0.1, 0.15) is 23.9 Å². The average Bonchev–Trinajstić information content (AvgIpc) is 2.70. The zero-order chi connectivity index (χ0) is 21.0. The molecule has 0 fully saturated rings. The Morgan fingerprint density at radius 2 is 1.62 bits per heavy atom. The van der Waals surface area contributed by atoms with Gasteiger partial charge in [-0.1, -0.05) is 44.2 Å². The van der Waals surface area contributed by atoms with Crippen molar-refractivity contribution >= 4 is 5.69 Å². The minimum absolute atomic E-state index is 0.0693. The van der Waals surface area contributed by atoms with E-state index in [4.69, 9.17) is 9.47 Å². The zero-order valence-corrected chi connectivity index (χ0v) is 17.1. The van der Waals surface area contributed by atoms with Crippen LogP contribution in [0.1, 0.15) is 42.0 Å². The molecule has 3 aromatic rings. The summed E-state index contributed by atoms with van der Waals surface area (Å²) in [4.78, 5) is 10.7. The van der Waals surface area contributed by atoms with Crippen LogP contribution in [-0.2, 0) is 6.61 Å². The highest BCUT2D eigenvalue weighted by Gasteiger charge is 2.15. The Bertz CT molecular complexity index is 990. The largest absolute Gasteiger partial charge is 0.489 e. The Labute approximate surface area is 171 Å². The minimum atomic E-state index is -0.389. The van der Waals surface area contributed by atoms with Crippen LogP contribution in [-0.4, -0.2) is 4.92 Å². The maximum absolute atomic E-state index is 11.0. The number of ether oxygens (including phenoxy) is 2. The van der Waals surface area contributed by atoms with Gasteiger partial charge in [-0.15, -0.1) is 0 Å². The molecule has 5 heteroatoms. The summed E-state index contributed by atoms with van der Waals surface area (Å²) in [6.45, 7) is 8.35. The molecule has 0 radical (unpaired) electrons. The number of benzene rings is 3. The maximum Gasteiger partial charge on any atom is 0.270 e. The predicted octanol–water partition coefficient (Wildman–Crippen LogP) is 6.71. The van der Waals surface area contributed by atoms with Gasteiger partial charge in [-0.3, -0.25) is 10.1 Å². The molecule has 0 saturated carbocycles. The third-order valence-corrected chi connectivity index (χ3v) is 4.72. The van der Waals surface area contributed by atoms with E-state index >= 15 is 0 Å². The lowest BCUT2D eigenvalue weighted by molar-refractivity contribution is -0.385. The monoisotopic (exact) mass is 391 g/mol. The van der Waals surface area contributed by atoms with Crippen molar-refractivity contribution in [3.05, 3.63) is 93.0 Å². The zero-order valence-electron chi connectivity index (χ0n) is 17.1. The molecule has 0 unspecified atom stereocenters. The second kappa shape index (κ2) is 8.78. The lowest BCUT2D eigenvalue weighted by atomic mass is 10.0. The summed E-state index contributed by atoms with van der Waals surface area (Å²) in [7, 11) is 0. The molecule has 0 aliphatic carbocycles. The van der Waals surface area contributed by atoms with E-state index in [9.17, 15) is 10.1 Å². The molecule has 3 aromatic carbocycles. The molecule has 0 atom stereocenters. The van der Waals surface area contributed by atoms with Crippen LogP contribution in [0.15, 0.2) is 60.7 Å². The van der Waals surface area contributed by atoms with Gasteiger partial charge in [0.05, 0.1) is 4.92 Å². The van der Waals surface area contributed by atoms with E-state index in [2.05, 4.69) is 13.8 Å². The van der Waals surface area contributed by atoms with E-state index in [1.807, 2.05) is 62.4 Å². The Hall–Kier alpha value is -3.34. The van der Waals surface area contributed by atoms with Gasteiger partial charge in [-0.25, -0.2) is 0 Å². The topological polar surface area (TPSA) is 61.6 Å². The summed E-state index contributed by atoms with van der Waals surface area (Å²) in [5, 5.41) is 11.0. The van der Waals surface area contributed by atoms with Crippen molar-refractivity contribution in [1.82, 2.24) is 0 Å². The first kappa shape index (κ1) is 20.4. The van der Waals surface area contributed by atoms with Crippen LogP contribution in [0.5, 0.6) is 17.2 Å². The van der Waals surface area contributed by atoms with Crippen LogP contribution >= 0.6 is 0 Å². The molecule has 0 amide bonds. The molecule has 0 saturated heterocycles. The molecule has 0 spiro atoms. The number of nitro groups is 1. The first-order valence-corrected chi connectivity index (χ1v) is 9.59. The molecule has 0 heterocycles. The van der Waals surface area contributed by atoms with E-state index in [1.165, 1.54) is 12.1 Å². The standard InChI is InChI=1S/C24H25NO4/c1-16(2)22-14-21(10-11-23(22)28-15-19-8-6-5-7-9-19)29-24-17(3)12-20(25(26)27)13-18(24)4/h5-14,16H,15H2,1-4H3. The summed E-state index contributed by atoms with van der Waals surface area (Å²) in [6, 6.07) is 18.9. The molecular formula is C24H25NO4. The smallest absolute Gasteiger partial charge is 0.270 e. The van der Waals surface area contributed by atoms with Gasteiger partial charge < -0.3 is 9.47 Å². The van der Waals surface area contributed by atoms with Gasteiger partial charge in [0.15, 0.2) is 0 Å². The van der Waals surface area contributed by atoms with Crippen LogP contribution < -0.4 is 9.47 Å². The Balaban J connectivity index is 1.84. The summed E-state index contributed by atoms with van der Waals surface area (Å²) < 4.78 is 12.2. The van der Waals surface area contributed by atoms with Gasteiger partial charge in [0.2, 0.25) is 0 Å². The van der Waals surface area contributed by atoms with Crippen LogP contribution in [0.4, 0.5) is 5.69 Å². The van der Waals surface area contributed by atoms with Crippen LogP contribution in [0, 0.1) is 24.0 Å². The van der Waals surface area contributed by atoms with Gasteiger partial charge in [-0.2, -0.15) is 0 Å². The van der Waals surface area contributed by atoms with Crippen LogP contribution in [0.3, 0.4) is 0 Å². The molecule has 29 heavy (non-hydrogen) atoms. The van der Waals surface area contributed by atoms with Gasteiger partial charge in [-0.05, 0) is 54.7 Å². The second-order valence-corrected chi connectivity index (χ2v) is 7.40. The molecule has 0 aliphatic heterocycles. The predicted molar refractivity (Wildman–Crippen MR) is 114 cm³/mol. The second-order valence-electron chi connectivity index (χ2n) is 7.40. The third kappa shape index (κ3) is 4.93.